The molecule has 2 aromatic carbocycles. The maximum atomic E-state index is 12.6. The lowest BCUT2D eigenvalue weighted by atomic mass is 10.0. The molecule has 124 valence electrons. The minimum atomic E-state index is -2.56. The Labute approximate surface area is 141 Å². The Balaban J connectivity index is 1.65. The highest BCUT2D eigenvalue weighted by Gasteiger charge is 2.29. The van der Waals surface area contributed by atoms with Crippen molar-refractivity contribution in [2.45, 2.75) is 23.2 Å². The third kappa shape index (κ3) is 3.91. The van der Waals surface area contributed by atoms with Crippen LogP contribution in [0.25, 0.3) is 0 Å². The van der Waals surface area contributed by atoms with E-state index in [2.05, 4.69) is 10.5 Å². The lowest BCUT2D eigenvalue weighted by Gasteiger charge is -2.12. The Bertz CT molecular complexity index is 753. The van der Waals surface area contributed by atoms with Crippen LogP contribution in [0.3, 0.4) is 0 Å². The van der Waals surface area contributed by atoms with Gasteiger partial charge in [-0.15, -0.1) is 0 Å². The van der Waals surface area contributed by atoms with Gasteiger partial charge in [-0.1, -0.05) is 59.4 Å². The molecule has 1 unspecified atom stereocenters. The summed E-state index contributed by atoms with van der Waals surface area (Å²) in [5.41, 5.74) is 1.91. The number of thioether (sulfide) groups is 1. The molecular weight excluding hydrogens is 334 g/mol. The van der Waals surface area contributed by atoms with Gasteiger partial charge >= 0.3 is 0 Å². The zero-order valence-corrected chi connectivity index (χ0v) is 13.3. The van der Waals surface area contributed by atoms with E-state index in [9.17, 15) is 13.6 Å². The van der Waals surface area contributed by atoms with Crippen LogP contribution in [-0.4, -0.2) is 23.5 Å². The van der Waals surface area contributed by atoms with E-state index in [4.69, 9.17) is 4.84 Å². The van der Waals surface area contributed by atoms with Crippen LogP contribution in [0.15, 0.2) is 64.6 Å². The second kappa shape index (κ2) is 7.44. The van der Waals surface area contributed by atoms with Gasteiger partial charge in [0.05, 0.1) is 11.4 Å². The summed E-state index contributed by atoms with van der Waals surface area (Å²) in [7, 11) is 0. The molecule has 1 aliphatic rings. The molecule has 3 rings (SSSR count). The van der Waals surface area contributed by atoms with Crippen molar-refractivity contribution in [2.75, 3.05) is 5.32 Å². The normalized spacial score (nSPS) is 16.6. The monoisotopic (exact) mass is 348 g/mol. The molecule has 4 nitrogen and oxygen atoms in total. The Morgan fingerprint density at radius 1 is 1.17 bits per heavy atom. The van der Waals surface area contributed by atoms with Crippen molar-refractivity contribution in [1.82, 2.24) is 0 Å². The van der Waals surface area contributed by atoms with Gasteiger partial charge in [0, 0.05) is 11.3 Å². The SMILES string of the molecule is O=C(Nc1ccccc1SC(F)F)C1CC(c2ccccc2)=NO1. The minimum Gasteiger partial charge on any atom is -0.382 e. The molecule has 0 aromatic heterocycles. The number of carbonyl (C=O) groups is 1. The number of anilines is 1. The van der Waals surface area contributed by atoms with Crippen molar-refractivity contribution in [1.29, 1.82) is 0 Å². The van der Waals surface area contributed by atoms with Gasteiger partial charge in [0.2, 0.25) is 6.10 Å². The van der Waals surface area contributed by atoms with E-state index in [0.29, 0.717) is 34.5 Å². The van der Waals surface area contributed by atoms with E-state index in [1.165, 1.54) is 6.07 Å². The van der Waals surface area contributed by atoms with Gasteiger partial charge < -0.3 is 10.2 Å². The molecule has 0 bridgehead atoms. The molecule has 0 spiro atoms. The summed E-state index contributed by atoms with van der Waals surface area (Å²) in [6.07, 6.45) is -0.440. The highest BCUT2D eigenvalue weighted by Crippen LogP contribution is 2.32. The molecule has 0 saturated carbocycles. The number of nitrogens with one attached hydrogen (secondary N) is 1. The lowest BCUT2D eigenvalue weighted by Crippen LogP contribution is -2.28. The van der Waals surface area contributed by atoms with E-state index in [0.717, 1.165) is 5.56 Å². The minimum absolute atomic E-state index is 0.308. The third-order valence-corrected chi connectivity index (χ3v) is 4.22. The van der Waals surface area contributed by atoms with E-state index >= 15 is 0 Å². The van der Waals surface area contributed by atoms with Gasteiger partial charge in [-0.05, 0) is 17.7 Å². The van der Waals surface area contributed by atoms with Gasteiger partial charge in [0.25, 0.3) is 11.7 Å². The first-order valence-corrected chi connectivity index (χ1v) is 8.14. The summed E-state index contributed by atoms with van der Waals surface area (Å²) < 4.78 is 25.2. The number of para-hydroxylation sites is 1. The molecule has 1 heterocycles. The molecule has 1 N–H and O–H groups in total. The molecule has 2 aromatic rings. The van der Waals surface area contributed by atoms with Crippen LogP contribution < -0.4 is 5.32 Å². The number of rotatable bonds is 5. The molecule has 0 fully saturated rings. The molecule has 0 aliphatic carbocycles. The predicted molar refractivity (Wildman–Crippen MR) is 89.4 cm³/mol. The summed E-state index contributed by atoms with van der Waals surface area (Å²) in [4.78, 5) is 17.8. The summed E-state index contributed by atoms with van der Waals surface area (Å²) in [6.45, 7) is 0. The smallest absolute Gasteiger partial charge is 0.288 e. The molecular formula is C17H14F2N2O2S. The molecule has 1 atom stereocenters. The second-order valence-electron chi connectivity index (χ2n) is 5.07. The fourth-order valence-electron chi connectivity index (χ4n) is 2.30. The average Bonchev–Trinajstić information content (AvgIpc) is 3.07. The van der Waals surface area contributed by atoms with Gasteiger partial charge in [-0.3, -0.25) is 4.79 Å². The van der Waals surface area contributed by atoms with Crippen molar-refractivity contribution < 1.29 is 18.4 Å². The topological polar surface area (TPSA) is 50.7 Å². The second-order valence-corrected chi connectivity index (χ2v) is 6.10. The first-order chi connectivity index (χ1) is 11.6. The van der Waals surface area contributed by atoms with Gasteiger partial charge in [-0.2, -0.15) is 8.78 Å². The number of hydrogen-bond donors (Lipinski definition) is 1. The Hall–Kier alpha value is -2.41. The quantitative estimate of drug-likeness (QED) is 0.827. The molecule has 0 saturated heterocycles. The van der Waals surface area contributed by atoms with E-state index in [1.54, 1.807) is 18.2 Å². The van der Waals surface area contributed by atoms with E-state index in [1.807, 2.05) is 30.3 Å². The summed E-state index contributed by atoms with van der Waals surface area (Å²) >= 11 is 0.389. The van der Waals surface area contributed by atoms with Crippen LogP contribution in [-0.2, 0) is 9.63 Å². The Kier molecular flexibility index (Phi) is 5.10. The fourth-order valence-corrected chi connectivity index (χ4v) is 2.90. The van der Waals surface area contributed by atoms with Crippen molar-refractivity contribution in [3.63, 3.8) is 0 Å². The zero-order chi connectivity index (χ0) is 16.9. The maximum absolute atomic E-state index is 12.6. The molecule has 0 radical (unpaired) electrons. The maximum Gasteiger partial charge on any atom is 0.288 e. The molecule has 7 heteroatoms. The highest BCUT2D eigenvalue weighted by molar-refractivity contribution is 7.99. The van der Waals surface area contributed by atoms with Crippen molar-refractivity contribution in [3.05, 3.63) is 60.2 Å². The highest BCUT2D eigenvalue weighted by atomic mass is 32.2. The average molecular weight is 348 g/mol. The van der Waals surface area contributed by atoms with Crippen molar-refractivity contribution in [2.24, 2.45) is 5.16 Å². The number of amides is 1. The number of hydrogen-bond acceptors (Lipinski definition) is 4. The van der Waals surface area contributed by atoms with Crippen LogP contribution in [0.2, 0.25) is 0 Å². The number of benzene rings is 2. The van der Waals surface area contributed by atoms with Gasteiger partial charge in [-0.25, -0.2) is 0 Å². The molecule has 24 heavy (non-hydrogen) atoms. The van der Waals surface area contributed by atoms with E-state index in [-0.39, 0.29) is 0 Å². The number of oxime groups is 1. The fraction of sp³-hybridized carbons (Fsp3) is 0.176. The van der Waals surface area contributed by atoms with Gasteiger partial charge in [0.1, 0.15) is 0 Å². The summed E-state index contributed by atoms with van der Waals surface area (Å²) in [6, 6.07) is 15.8. The molecule has 1 amide bonds. The van der Waals surface area contributed by atoms with Crippen LogP contribution in [0, 0.1) is 0 Å². The first-order valence-electron chi connectivity index (χ1n) is 7.26. The number of halogens is 2. The van der Waals surface area contributed by atoms with Crippen molar-refractivity contribution >= 4 is 29.1 Å². The first kappa shape index (κ1) is 16.4. The van der Waals surface area contributed by atoms with Crippen LogP contribution in [0.1, 0.15) is 12.0 Å². The van der Waals surface area contributed by atoms with Crippen LogP contribution >= 0.6 is 11.8 Å². The van der Waals surface area contributed by atoms with Gasteiger partial charge in [0.15, 0.2) is 0 Å². The Morgan fingerprint density at radius 2 is 1.88 bits per heavy atom. The molecule has 1 aliphatic heterocycles. The number of carbonyl (C=O) groups excluding carboxylic acids is 1. The number of nitrogens with zero attached hydrogens (tertiary/aromatic N) is 1. The van der Waals surface area contributed by atoms with Crippen LogP contribution in [0.5, 0.6) is 0 Å². The number of alkyl halides is 2. The zero-order valence-electron chi connectivity index (χ0n) is 12.5. The predicted octanol–water partition coefficient (Wildman–Crippen LogP) is 4.13. The van der Waals surface area contributed by atoms with Crippen molar-refractivity contribution in [3.8, 4) is 0 Å². The largest absolute Gasteiger partial charge is 0.382 e. The standard InChI is InChI=1S/C17H14F2N2O2S/c18-17(19)24-15-9-5-4-8-12(15)20-16(22)14-10-13(21-23-14)11-6-2-1-3-7-11/h1-9,14,17H,10H2,(H,20,22). The Morgan fingerprint density at radius 3 is 2.62 bits per heavy atom. The summed E-state index contributed by atoms with van der Waals surface area (Å²) in [5, 5.41) is 6.59. The lowest BCUT2D eigenvalue weighted by molar-refractivity contribution is -0.125. The van der Waals surface area contributed by atoms with Crippen LogP contribution in [0.4, 0.5) is 14.5 Å². The van der Waals surface area contributed by atoms with E-state index < -0.39 is 17.8 Å². The summed E-state index contributed by atoms with van der Waals surface area (Å²) in [5.74, 6) is -2.97. The third-order valence-electron chi connectivity index (χ3n) is 3.43.